The van der Waals surface area contributed by atoms with E-state index < -0.39 is 12.0 Å². The van der Waals surface area contributed by atoms with Crippen LogP contribution in [0.15, 0.2) is 18.2 Å². The third-order valence-electron chi connectivity index (χ3n) is 2.25. The lowest BCUT2D eigenvalue weighted by Crippen LogP contribution is -2.39. The smallest absolute Gasteiger partial charge is 0.325 e. The maximum absolute atomic E-state index is 11.4. The molecule has 1 atom stereocenters. The average molecular weight is 322 g/mol. The van der Waals surface area contributed by atoms with Crippen LogP contribution in [0.5, 0.6) is 0 Å². The summed E-state index contributed by atoms with van der Waals surface area (Å²) < 4.78 is 0. The molecule has 1 aromatic carbocycles. The molecule has 1 rings (SSSR count). The first-order valence-electron chi connectivity index (χ1n) is 5.44. The minimum absolute atomic E-state index is 0.177. The van der Waals surface area contributed by atoms with Crippen molar-refractivity contribution in [3.05, 3.63) is 33.8 Å². The third kappa shape index (κ3) is 5.72. The molecule has 4 nitrogen and oxygen atoms in total. The molecule has 0 fully saturated rings. The fourth-order valence-corrected chi connectivity index (χ4v) is 2.63. The van der Waals surface area contributed by atoms with Crippen LogP contribution in [-0.4, -0.2) is 28.8 Å². The number of aliphatic carboxylic acids is 1. The van der Waals surface area contributed by atoms with Gasteiger partial charge in [0.15, 0.2) is 0 Å². The molecule has 104 valence electrons. The molecule has 1 aromatic rings. The van der Waals surface area contributed by atoms with Gasteiger partial charge in [0.05, 0.1) is 5.75 Å². The van der Waals surface area contributed by atoms with Gasteiger partial charge in [0.25, 0.3) is 0 Å². The van der Waals surface area contributed by atoms with Crippen molar-refractivity contribution in [1.82, 2.24) is 5.32 Å². The van der Waals surface area contributed by atoms with E-state index in [1.165, 1.54) is 18.7 Å². The first kappa shape index (κ1) is 16.1. The van der Waals surface area contributed by atoms with Crippen molar-refractivity contribution in [3.63, 3.8) is 0 Å². The molecular weight excluding hydrogens is 309 g/mol. The van der Waals surface area contributed by atoms with Crippen LogP contribution in [0.3, 0.4) is 0 Å². The van der Waals surface area contributed by atoms with Crippen LogP contribution >= 0.6 is 35.0 Å². The average Bonchev–Trinajstić information content (AvgIpc) is 2.31. The highest BCUT2D eigenvalue weighted by Crippen LogP contribution is 2.24. The zero-order valence-corrected chi connectivity index (χ0v) is 12.5. The number of carbonyl (C=O) groups excluding carboxylic acids is 1. The molecule has 7 heteroatoms. The third-order valence-corrected chi connectivity index (χ3v) is 3.82. The quantitative estimate of drug-likeness (QED) is 0.845. The highest BCUT2D eigenvalue weighted by atomic mass is 35.5. The Balaban J connectivity index is 2.38. The SMILES string of the molecule is C[C@@H](NC(=O)CSCc1ccc(Cl)cc1Cl)C(=O)O. The standard InChI is InChI=1S/C12H13Cl2NO3S/c1-7(12(17)18)15-11(16)6-19-5-8-2-3-9(13)4-10(8)14/h2-4,7H,5-6H2,1H3,(H,15,16)(H,17,18)/t7-/m1/s1. The van der Waals surface area contributed by atoms with Crippen LogP contribution in [0, 0.1) is 0 Å². The van der Waals surface area contributed by atoms with E-state index in [0.29, 0.717) is 15.8 Å². The van der Waals surface area contributed by atoms with Crippen molar-refractivity contribution in [1.29, 1.82) is 0 Å². The summed E-state index contributed by atoms with van der Waals surface area (Å²) >= 11 is 13.1. The van der Waals surface area contributed by atoms with Gasteiger partial charge < -0.3 is 10.4 Å². The number of hydrogen-bond donors (Lipinski definition) is 2. The van der Waals surface area contributed by atoms with Crippen LogP contribution < -0.4 is 5.32 Å². The minimum Gasteiger partial charge on any atom is -0.480 e. The Bertz CT molecular complexity index is 482. The molecule has 0 aromatic heterocycles. The second kappa shape index (κ2) is 7.62. The van der Waals surface area contributed by atoms with E-state index in [1.54, 1.807) is 18.2 Å². The number of thioether (sulfide) groups is 1. The van der Waals surface area contributed by atoms with E-state index in [2.05, 4.69) is 5.32 Å². The van der Waals surface area contributed by atoms with Gasteiger partial charge in [0.2, 0.25) is 5.91 Å². The molecule has 1 amide bonds. The van der Waals surface area contributed by atoms with Crippen molar-refractivity contribution < 1.29 is 14.7 Å². The molecule has 0 unspecified atom stereocenters. The monoisotopic (exact) mass is 321 g/mol. The zero-order valence-electron chi connectivity index (χ0n) is 10.2. The summed E-state index contributed by atoms with van der Waals surface area (Å²) in [6.45, 7) is 1.42. The largest absolute Gasteiger partial charge is 0.480 e. The number of rotatable bonds is 6. The molecule has 0 bridgehead atoms. The predicted molar refractivity (Wildman–Crippen MR) is 77.9 cm³/mol. The number of carboxylic acids is 1. The van der Waals surface area contributed by atoms with Gasteiger partial charge in [-0.05, 0) is 24.6 Å². The number of benzene rings is 1. The Kier molecular flexibility index (Phi) is 6.48. The van der Waals surface area contributed by atoms with E-state index >= 15 is 0 Å². The summed E-state index contributed by atoms with van der Waals surface area (Å²) in [5.74, 6) is -0.634. The first-order valence-corrected chi connectivity index (χ1v) is 7.35. The lowest BCUT2D eigenvalue weighted by atomic mass is 10.2. The number of amides is 1. The fraction of sp³-hybridized carbons (Fsp3) is 0.333. The summed E-state index contributed by atoms with van der Waals surface area (Å²) in [6, 6.07) is 4.30. The van der Waals surface area contributed by atoms with Crippen molar-refractivity contribution in [2.45, 2.75) is 18.7 Å². The lowest BCUT2D eigenvalue weighted by molar-refractivity contribution is -0.140. The maximum atomic E-state index is 11.4. The molecule has 0 saturated carbocycles. The van der Waals surface area contributed by atoms with E-state index in [9.17, 15) is 9.59 Å². The maximum Gasteiger partial charge on any atom is 0.325 e. The van der Waals surface area contributed by atoms with Gasteiger partial charge in [-0.25, -0.2) is 0 Å². The Labute approximate surface area is 125 Å². The molecule has 0 heterocycles. The number of halogens is 2. The summed E-state index contributed by atoms with van der Waals surface area (Å²) in [4.78, 5) is 22.0. The number of nitrogens with one attached hydrogen (secondary N) is 1. The van der Waals surface area contributed by atoms with Gasteiger partial charge in [0.1, 0.15) is 6.04 Å². The molecule has 19 heavy (non-hydrogen) atoms. The topological polar surface area (TPSA) is 66.4 Å². The summed E-state index contributed by atoms with van der Waals surface area (Å²) in [5.41, 5.74) is 0.884. The van der Waals surface area contributed by atoms with Crippen molar-refractivity contribution >= 4 is 46.8 Å². The van der Waals surface area contributed by atoms with Crippen LogP contribution in [0.4, 0.5) is 0 Å². The van der Waals surface area contributed by atoms with Gasteiger partial charge in [-0.15, -0.1) is 11.8 Å². The number of hydrogen-bond acceptors (Lipinski definition) is 3. The Morgan fingerprint density at radius 2 is 2.11 bits per heavy atom. The van der Waals surface area contributed by atoms with Crippen LogP contribution in [0.2, 0.25) is 10.0 Å². The summed E-state index contributed by atoms with van der Waals surface area (Å²) in [6.07, 6.45) is 0. The molecule has 0 spiro atoms. The summed E-state index contributed by atoms with van der Waals surface area (Å²) in [7, 11) is 0. The first-order chi connectivity index (χ1) is 8.90. The second-order valence-electron chi connectivity index (χ2n) is 3.86. The molecule has 0 aliphatic carbocycles. The van der Waals surface area contributed by atoms with Crippen LogP contribution in [-0.2, 0) is 15.3 Å². The number of carbonyl (C=O) groups is 2. The predicted octanol–water partition coefficient (Wildman–Crippen LogP) is 2.82. The van der Waals surface area contributed by atoms with Gasteiger partial charge in [0, 0.05) is 15.8 Å². The molecular formula is C12H13Cl2NO3S. The Morgan fingerprint density at radius 1 is 1.42 bits per heavy atom. The number of carboxylic acid groups (broad SMARTS) is 1. The highest BCUT2D eigenvalue weighted by Gasteiger charge is 2.13. The van der Waals surface area contributed by atoms with E-state index in [0.717, 1.165) is 5.56 Å². The minimum atomic E-state index is -1.06. The van der Waals surface area contributed by atoms with Gasteiger partial charge in [-0.2, -0.15) is 0 Å². The molecule has 2 N–H and O–H groups in total. The van der Waals surface area contributed by atoms with Gasteiger partial charge >= 0.3 is 5.97 Å². The highest BCUT2D eigenvalue weighted by molar-refractivity contribution is 7.99. The Hall–Kier alpha value is -0.910. The van der Waals surface area contributed by atoms with Crippen molar-refractivity contribution in [3.8, 4) is 0 Å². The van der Waals surface area contributed by atoms with Crippen molar-refractivity contribution in [2.75, 3.05) is 5.75 Å². The van der Waals surface area contributed by atoms with Crippen LogP contribution in [0.25, 0.3) is 0 Å². The molecule has 0 aliphatic heterocycles. The lowest BCUT2D eigenvalue weighted by Gasteiger charge is -2.09. The second-order valence-corrected chi connectivity index (χ2v) is 5.69. The van der Waals surface area contributed by atoms with E-state index in [4.69, 9.17) is 28.3 Å². The van der Waals surface area contributed by atoms with Gasteiger partial charge in [-0.3, -0.25) is 9.59 Å². The van der Waals surface area contributed by atoms with E-state index in [1.807, 2.05) is 0 Å². The zero-order chi connectivity index (χ0) is 14.4. The molecule has 0 radical (unpaired) electrons. The molecule has 0 aliphatic rings. The summed E-state index contributed by atoms with van der Waals surface area (Å²) in [5, 5.41) is 12.1. The Morgan fingerprint density at radius 3 is 2.68 bits per heavy atom. The molecule has 0 saturated heterocycles. The van der Waals surface area contributed by atoms with Crippen molar-refractivity contribution in [2.24, 2.45) is 0 Å². The fourth-order valence-electron chi connectivity index (χ4n) is 1.24. The normalized spacial score (nSPS) is 11.9. The van der Waals surface area contributed by atoms with E-state index in [-0.39, 0.29) is 11.7 Å². The van der Waals surface area contributed by atoms with Gasteiger partial charge in [-0.1, -0.05) is 29.3 Å². The van der Waals surface area contributed by atoms with Crippen LogP contribution in [0.1, 0.15) is 12.5 Å².